The summed E-state index contributed by atoms with van der Waals surface area (Å²) in [5, 5.41) is 3.40. The number of nitrogens with one attached hydrogen (secondary N) is 1. The van der Waals surface area contributed by atoms with E-state index in [0.29, 0.717) is 26.4 Å². The number of guanidine groups is 1. The van der Waals surface area contributed by atoms with E-state index >= 15 is 0 Å². The molecule has 0 amide bonds. The molecule has 2 aliphatic rings. The molecule has 8 heteroatoms. The second-order valence-electron chi connectivity index (χ2n) is 8.09. The summed E-state index contributed by atoms with van der Waals surface area (Å²) in [5.41, 5.74) is 0.774. The molecule has 31 heavy (non-hydrogen) atoms. The number of esters is 1. The highest BCUT2D eigenvalue weighted by molar-refractivity contribution is 14.0. The number of likely N-dealkylation sites (tertiary alicyclic amines) is 1. The molecule has 174 valence electrons. The number of carbonyl (C=O) groups excluding carboxylic acids is 1. The molecule has 0 aromatic heterocycles. The summed E-state index contributed by atoms with van der Waals surface area (Å²) in [4.78, 5) is 19.2. The third kappa shape index (κ3) is 6.78. The molecule has 3 rings (SSSR count). The molecule has 1 N–H and O–H groups in total. The molecule has 2 heterocycles. The van der Waals surface area contributed by atoms with Crippen molar-refractivity contribution in [1.82, 2.24) is 10.2 Å². The number of piperidine rings is 1. The second-order valence-corrected chi connectivity index (χ2v) is 8.09. The molecule has 2 saturated heterocycles. The Labute approximate surface area is 202 Å². The summed E-state index contributed by atoms with van der Waals surface area (Å²) >= 11 is 0. The first-order chi connectivity index (χ1) is 14.6. The van der Waals surface area contributed by atoms with Crippen molar-refractivity contribution in [2.24, 2.45) is 10.9 Å². The van der Waals surface area contributed by atoms with Crippen LogP contribution in [0.4, 0.5) is 4.39 Å². The Bertz CT molecular complexity index is 733. The fourth-order valence-electron chi connectivity index (χ4n) is 4.36. The maximum Gasteiger partial charge on any atom is 0.309 e. The van der Waals surface area contributed by atoms with E-state index < -0.39 is 0 Å². The summed E-state index contributed by atoms with van der Waals surface area (Å²) in [6.45, 7) is 8.53. The number of halogens is 2. The predicted molar refractivity (Wildman–Crippen MR) is 130 cm³/mol. The Morgan fingerprint density at radius 1 is 1.29 bits per heavy atom. The largest absolute Gasteiger partial charge is 0.466 e. The topological polar surface area (TPSA) is 63.2 Å². The van der Waals surface area contributed by atoms with Gasteiger partial charge in [0.2, 0.25) is 0 Å². The molecule has 1 aromatic rings. The average Bonchev–Trinajstić information content (AvgIpc) is 2.77. The monoisotopic (exact) mass is 547 g/mol. The smallest absolute Gasteiger partial charge is 0.309 e. The van der Waals surface area contributed by atoms with Gasteiger partial charge in [0.1, 0.15) is 5.82 Å². The Hall–Kier alpha value is -1.42. The number of nitrogens with zero attached hydrogens (tertiary/aromatic N) is 2. The van der Waals surface area contributed by atoms with Crippen LogP contribution < -0.4 is 5.32 Å². The lowest BCUT2D eigenvalue weighted by Gasteiger charge is -2.38. The lowest BCUT2D eigenvalue weighted by atomic mass is 9.74. The van der Waals surface area contributed by atoms with Crippen LogP contribution >= 0.6 is 24.0 Å². The van der Waals surface area contributed by atoms with Crippen LogP contribution in [0, 0.1) is 11.7 Å². The zero-order chi connectivity index (χ0) is 21.4. The summed E-state index contributed by atoms with van der Waals surface area (Å²) in [7, 11) is 0. The van der Waals surface area contributed by atoms with Gasteiger partial charge in [0.05, 0.1) is 19.1 Å². The maximum atomic E-state index is 13.9. The van der Waals surface area contributed by atoms with Crippen LogP contribution in [0.1, 0.15) is 45.1 Å². The lowest BCUT2D eigenvalue weighted by Crippen LogP contribution is -2.47. The average molecular weight is 547 g/mol. The van der Waals surface area contributed by atoms with E-state index in [9.17, 15) is 9.18 Å². The Morgan fingerprint density at radius 2 is 2.00 bits per heavy atom. The van der Waals surface area contributed by atoms with Crippen molar-refractivity contribution < 1.29 is 18.7 Å². The first kappa shape index (κ1) is 25.8. The van der Waals surface area contributed by atoms with Gasteiger partial charge >= 0.3 is 5.97 Å². The molecule has 0 saturated carbocycles. The van der Waals surface area contributed by atoms with Crippen LogP contribution in [-0.4, -0.2) is 62.8 Å². The summed E-state index contributed by atoms with van der Waals surface area (Å²) in [6.07, 6.45) is 3.19. The van der Waals surface area contributed by atoms with Crippen LogP contribution in [0.5, 0.6) is 0 Å². The van der Waals surface area contributed by atoms with Gasteiger partial charge in [-0.15, -0.1) is 24.0 Å². The van der Waals surface area contributed by atoms with Crippen LogP contribution in [0.2, 0.25) is 0 Å². The van der Waals surface area contributed by atoms with E-state index in [0.717, 1.165) is 56.8 Å². The number of ether oxygens (including phenoxy) is 2. The van der Waals surface area contributed by atoms with Gasteiger partial charge in [-0.2, -0.15) is 0 Å². The summed E-state index contributed by atoms with van der Waals surface area (Å²) in [6, 6.07) is 6.90. The molecule has 0 unspecified atom stereocenters. The highest BCUT2D eigenvalue weighted by Gasteiger charge is 2.35. The first-order valence-electron chi connectivity index (χ1n) is 11.1. The third-order valence-corrected chi connectivity index (χ3v) is 6.17. The molecule has 2 fully saturated rings. The normalized spacial score (nSPS) is 19.5. The molecule has 0 spiro atoms. The quantitative estimate of drug-likeness (QED) is 0.255. The molecule has 2 aliphatic heterocycles. The number of hydrogen-bond acceptors (Lipinski definition) is 4. The van der Waals surface area contributed by atoms with Crippen molar-refractivity contribution in [2.75, 3.05) is 46.0 Å². The molecule has 6 nitrogen and oxygen atoms in total. The first-order valence-corrected chi connectivity index (χ1v) is 11.1. The van der Waals surface area contributed by atoms with Crippen molar-refractivity contribution in [3.8, 4) is 0 Å². The van der Waals surface area contributed by atoms with Gasteiger partial charge in [-0.1, -0.05) is 12.1 Å². The molecule has 0 bridgehead atoms. The molecule has 1 aromatic carbocycles. The van der Waals surface area contributed by atoms with Gasteiger partial charge in [-0.05, 0) is 57.2 Å². The third-order valence-electron chi connectivity index (χ3n) is 6.17. The zero-order valence-electron chi connectivity index (χ0n) is 18.6. The number of rotatable bonds is 6. The lowest BCUT2D eigenvalue weighted by molar-refractivity contribution is -0.149. The van der Waals surface area contributed by atoms with E-state index in [2.05, 4.69) is 17.1 Å². The Kier molecular flexibility index (Phi) is 10.5. The van der Waals surface area contributed by atoms with E-state index in [4.69, 9.17) is 14.5 Å². The minimum Gasteiger partial charge on any atom is -0.466 e. The minimum atomic E-state index is -0.218. The number of aliphatic imine (C=N–C) groups is 1. The molecule has 0 radical (unpaired) electrons. The molecule has 0 atom stereocenters. The molecular weight excluding hydrogens is 512 g/mol. The number of carbonyl (C=O) groups is 1. The van der Waals surface area contributed by atoms with Gasteiger partial charge in [-0.3, -0.25) is 9.79 Å². The van der Waals surface area contributed by atoms with Gasteiger partial charge in [0, 0.05) is 38.3 Å². The predicted octanol–water partition coefficient (Wildman–Crippen LogP) is 3.73. The van der Waals surface area contributed by atoms with Crippen LogP contribution in [-0.2, 0) is 19.7 Å². The maximum absolute atomic E-state index is 13.9. The van der Waals surface area contributed by atoms with Crippen molar-refractivity contribution in [3.63, 3.8) is 0 Å². The highest BCUT2D eigenvalue weighted by atomic mass is 127. The summed E-state index contributed by atoms with van der Waals surface area (Å²) < 4.78 is 24.7. The van der Waals surface area contributed by atoms with Gasteiger partial charge in [0.15, 0.2) is 5.96 Å². The fraction of sp³-hybridized carbons (Fsp3) is 0.652. The van der Waals surface area contributed by atoms with Crippen molar-refractivity contribution in [2.45, 2.75) is 44.9 Å². The Morgan fingerprint density at radius 3 is 2.61 bits per heavy atom. The van der Waals surface area contributed by atoms with Crippen molar-refractivity contribution >= 4 is 35.9 Å². The fourth-order valence-corrected chi connectivity index (χ4v) is 4.36. The van der Waals surface area contributed by atoms with Gasteiger partial charge < -0.3 is 19.7 Å². The second kappa shape index (κ2) is 12.6. The summed E-state index contributed by atoms with van der Waals surface area (Å²) in [5.74, 6) is 0.530. The minimum absolute atomic E-state index is 0. The molecular formula is C23H35FIN3O3. The SMILES string of the molecule is CCNC(=NCC1(c2cccc(F)c2)CCOCC1)N1CCC(C(=O)OCC)CC1.I. The van der Waals surface area contributed by atoms with Gasteiger partial charge in [-0.25, -0.2) is 4.39 Å². The standard InChI is InChI=1S/C23H34FN3O3.HI/c1-3-25-22(27-12-8-18(9-13-27)21(28)30-4-2)26-17-23(10-14-29-15-11-23)19-6-5-7-20(24)16-19;/h5-7,16,18H,3-4,8-15,17H2,1-2H3,(H,25,26);1H. The number of benzene rings is 1. The van der Waals surface area contributed by atoms with Crippen LogP contribution in [0.15, 0.2) is 29.3 Å². The van der Waals surface area contributed by atoms with Gasteiger partial charge in [0.25, 0.3) is 0 Å². The molecule has 0 aliphatic carbocycles. The van der Waals surface area contributed by atoms with Crippen LogP contribution in [0.3, 0.4) is 0 Å². The van der Waals surface area contributed by atoms with E-state index in [-0.39, 0.29) is 47.1 Å². The van der Waals surface area contributed by atoms with Crippen LogP contribution in [0.25, 0.3) is 0 Å². The van der Waals surface area contributed by atoms with Crippen molar-refractivity contribution in [3.05, 3.63) is 35.6 Å². The zero-order valence-corrected chi connectivity index (χ0v) is 20.9. The van der Waals surface area contributed by atoms with E-state index in [1.807, 2.05) is 13.0 Å². The Balaban J connectivity index is 0.00000341. The van der Waals surface area contributed by atoms with Crippen molar-refractivity contribution in [1.29, 1.82) is 0 Å². The van der Waals surface area contributed by atoms with E-state index in [1.54, 1.807) is 12.1 Å². The number of hydrogen-bond donors (Lipinski definition) is 1. The highest BCUT2D eigenvalue weighted by Crippen LogP contribution is 2.35. The van der Waals surface area contributed by atoms with E-state index in [1.165, 1.54) is 6.07 Å².